The molecule has 2 N–H and O–H groups in total. The van der Waals surface area contributed by atoms with Crippen LogP contribution in [0.1, 0.15) is 10.4 Å². The summed E-state index contributed by atoms with van der Waals surface area (Å²) in [6.07, 6.45) is 0. The van der Waals surface area contributed by atoms with E-state index in [0.29, 0.717) is 13.1 Å². The highest BCUT2D eigenvalue weighted by molar-refractivity contribution is 7.10. The van der Waals surface area contributed by atoms with Crippen molar-refractivity contribution < 1.29 is 4.79 Å². The molecule has 0 spiro atoms. The number of hydrogen-bond acceptors (Lipinski definition) is 3. The Morgan fingerprint density at radius 3 is 2.76 bits per heavy atom. The van der Waals surface area contributed by atoms with E-state index in [1.165, 1.54) is 0 Å². The quantitative estimate of drug-likeness (QED) is 0.802. The molecule has 1 aromatic heterocycles. The van der Waals surface area contributed by atoms with Crippen LogP contribution in [-0.2, 0) is 6.54 Å². The van der Waals surface area contributed by atoms with Gasteiger partial charge in [0.05, 0.1) is 13.1 Å². The van der Waals surface area contributed by atoms with E-state index in [2.05, 4.69) is 11.8 Å². The molecule has 0 saturated heterocycles. The van der Waals surface area contributed by atoms with Crippen molar-refractivity contribution in [3.05, 3.63) is 21.9 Å². The SMILES string of the molecule is CN(C)C(=O)N(C)Cc1cc(C#CCN)cs1. The summed E-state index contributed by atoms with van der Waals surface area (Å²) in [6, 6.07) is 1.99. The number of carbonyl (C=O) groups is 1. The van der Waals surface area contributed by atoms with Crippen LogP contribution in [0.15, 0.2) is 11.4 Å². The number of thiophene rings is 1. The number of hydrogen-bond donors (Lipinski definition) is 1. The van der Waals surface area contributed by atoms with Gasteiger partial charge in [-0.2, -0.15) is 0 Å². The second-order valence-corrected chi connectivity index (χ2v) is 4.84. The van der Waals surface area contributed by atoms with Crippen LogP contribution in [0.3, 0.4) is 0 Å². The van der Waals surface area contributed by atoms with Crippen LogP contribution in [-0.4, -0.2) is 43.5 Å². The minimum Gasteiger partial charge on any atom is -0.331 e. The van der Waals surface area contributed by atoms with E-state index in [1.807, 2.05) is 11.4 Å². The smallest absolute Gasteiger partial charge is 0.319 e. The molecule has 1 aromatic rings. The number of nitrogens with two attached hydrogens (primary N) is 1. The fraction of sp³-hybridized carbons (Fsp3) is 0.417. The van der Waals surface area contributed by atoms with Gasteiger partial charge < -0.3 is 15.5 Å². The Labute approximate surface area is 106 Å². The van der Waals surface area contributed by atoms with Gasteiger partial charge in [-0.15, -0.1) is 11.3 Å². The Kier molecular flexibility index (Phi) is 5.01. The number of amides is 2. The molecule has 92 valence electrons. The van der Waals surface area contributed by atoms with Gasteiger partial charge in [0.25, 0.3) is 0 Å². The zero-order valence-electron chi connectivity index (χ0n) is 10.4. The molecule has 0 aliphatic carbocycles. The third-order valence-electron chi connectivity index (χ3n) is 2.09. The lowest BCUT2D eigenvalue weighted by atomic mass is 10.3. The molecular formula is C12H17N3OS. The Morgan fingerprint density at radius 2 is 2.18 bits per heavy atom. The van der Waals surface area contributed by atoms with Gasteiger partial charge in [-0.3, -0.25) is 0 Å². The zero-order chi connectivity index (χ0) is 12.8. The molecule has 0 atom stereocenters. The van der Waals surface area contributed by atoms with Crippen LogP contribution >= 0.6 is 11.3 Å². The van der Waals surface area contributed by atoms with Crippen LogP contribution in [0, 0.1) is 11.8 Å². The van der Waals surface area contributed by atoms with E-state index in [1.54, 1.807) is 42.3 Å². The molecule has 0 unspecified atom stereocenters. The Morgan fingerprint density at radius 1 is 1.47 bits per heavy atom. The maximum atomic E-state index is 11.6. The summed E-state index contributed by atoms with van der Waals surface area (Å²) in [7, 11) is 5.27. The van der Waals surface area contributed by atoms with Crippen molar-refractivity contribution in [1.29, 1.82) is 0 Å². The first kappa shape index (κ1) is 13.6. The average Bonchev–Trinajstić information content (AvgIpc) is 2.72. The number of urea groups is 1. The van der Waals surface area contributed by atoms with Crippen LogP contribution in [0.25, 0.3) is 0 Å². The monoisotopic (exact) mass is 251 g/mol. The molecule has 0 saturated carbocycles. The van der Waals surface area contributed by atoms with Crippen molar-refractivity contribution in [2.24, 2.45) is 5.73 Å². The van der Waals surface area contributed by atoms with Gasteiger partial charge in [-0.05, 0) is 6.07 Å². The van der Waals surface area contributed by atoms with Crippen molar-refractivity contribution in [3.8, 4) is 11.8 Å². The first-order valence-corrected chi connectivity index (χ1v) is 6.11. The summed E-state index contributed by atoms with van der Waals surface area (Å²) < 4.78 is 0. The van der Waals surface area contributed by atoms with E-state index >= 15 is 0 Å². The van der Waals surface area contributed by atoms with Crippen molar-refractivity contribution >= 4 is 17.4 Å². The third kappa shape index (κ3) is 4.10. The predicted molar refractivity (Wildman–Crippen MR) is 70.8 cm³/mol. The van der Waals surface area contributed by atoms with Crippen molar-refractivity contribution in [1.82, 2.24) is 9.80 Å². The minimum absolute atomic E-state index is 0.00649. The van der Waals surface area contributed by atoms with Gasteiger partial charge >= 0.3 is 6.03 Å². The van der Waals surface area contributed by atoms with Crippen molar-refractivity contribution in [2.45, 2.75) is 6.54 Å². The topological polar surface area (TPSA) is 49.6 Å². The van der Waals surface area contributed by atoms with Gasteiger partial charge in [-0.25, -0.2) is 4.79 Å². The van der Waals surface area contributed by atoms with E-state index in [0.717, 1.165) is 10.4 Å². The standard InChI is InChI=1S/C12H17N3OS/c1-14(2)12(16)15(3)8-11-7-10(9-17-11)5-4-6-13/h7,9H,6,8,13H2,1-3H3. The molecule has 0 aromatic carbocycles. The third-order valence-corrected chi connectivity index (χ3v) is 3.01. The first-order valence-electron chi connectivity index (χ1n) is 5.23. The first-order chi connectivity index (χ1) is 8.04. The summed E-state index contributed by atoms with van der Waals surface area (Å²) in [6.45, 7) is 0.968. The maximum Gasteiger partial charge on any atom is 0.319 e. The van der Waals surface area contributed by atoms with Crippen LogP contribution in [0.4, 0.5) is 4.79 Å². The molecule has 2 amide bonds. The normalized spacial score (nSPS) is 9.41. The molecule has 1 heterocycles. The lowest BCUT2D eigenvalue weighted by Gasteiger charge is -2.20. The minimum atomic E-state index is -0.00649. The zero-order valence-corrected chi connectivity index (χ0v) is 11.2. The Hall–Kier alpha value is -1.51. The highest BCUT2D eigenvalue weighted by atomic mass is 32.1. The fourth-order valence-corrected chi connectivity index (χ4v) is 2.19. The summed E-state index contributed by atoms with van der Waals surface area (Å²) in [5.41, 5.74) is 6.27. The van der Waals surface area contributed by atoms with Crippen LogP contribution < -0.4 is 5.73 Å². The van der Waals surface area contributed by atoms with Gasteiger partial charge in [0, 0.05) is 37.0 Å². The fourth-order valence-electron chi connectivity index (χ4n) is 1.33. The van der Waals surface area contributed by atoms with E-state index in [-0.39, 0.29) is 6.03 Å². The second-order valence-electron chi connectivity index (χ2n) is 3.84. The van der Waals surface area contributed by atoms with Gasteiger partial charge in [0.15, 0.2) is 0 Å². The molecular weight excluding hydrogens is 234 g/mol. The van der Waals surface area contributed by atoms with Crippen molar-refractivity contribution in [2.75, 3.05) is 27.7 Å². The summed E-state index contributed by atoms with van der Waals surface area (Å²) in [4.78, 5) is 16.0. The average molecular weight is 251 g/mol. The summed E-state index contributed by atoms with van der Waals surface area (Å²) >= 11 is 1.60. The van der Waals surface area contributed by atoms with E-state index in [9.17, 15) is 4.79 Å². The molecule has 4 nitrogen and oxygen atoms in total. The molecule has 0 aliphatic heterocycles. The van der Waals surface area contributed by atoms with Gasteiger partial charge in [-0.1, -0.05) is 11.8 Å². The summed E-state index contributed by atoms with van der Waals surface area (Å²) in [5, 5.41) is 1.98. The Bertz CT molecular complexity index is 442. The molecule has 1 rings (SSSR count). The largest absolute Gasteiger partial charge is 0.331 e. The lowest BCUT2D eigenvalue weighted by Crippen LogP contribution is -2.35. The molecule has 0 bridgehead atoms. The molecule has 0 radical (unpaired) electrons. The number of nitrogens with zero attached hydrogens (tertiary/aromatic N) is 2. The van der Waals surface area contributed by atoms with E-state index < -0.39 is 0 Å². The van der Waals surface area contributed by atoms with Crippen LogP contribution in [0.5, 0.6) is 0 Å². The van der Waals surface area contributed by atoms with Crippen molar-refractivity contribution in [3.63, 3.8) is 0 Å². The summed E-state index contributed by atoms with van der Waals surface area (Å²) in [5.74, 6) is 5.78. The molecule has 17 heavy (non-hydrogen) atoms. The maximum absolute atomic E-state index is 11.6. The molecule has 0 fully saturated rings. The predicted octanol–water partition coefficient (Wildman–Crippen LogP) is 1.17. The lowest BCUT2D eigenvalue weighted by molar-refractivity contribution is 0.180. The van der Waals surface area contributed by atoms with Crippen LogP contribution in [0.2, 0.25) is 0 Å². The number of carbonyl (C=O) groups excluding carboxylic acids is 1. The highest BCUT2D eigenvalue weighted by Crippen LogP contribution is 2.15. The Balaban J connectivity index is 2.63. The van der Waals surface area contributed by atoms with Gasteiger partial charge in [0.2, 0.25) is 0 Å². The second kappa shape index (κ2) is 6.28. The van der Waals surface area contributed by atoms with E-state index in [4.69, 9.17) is 5.73 Å². The number of rotatable bonds is 2. The molecule has 0 aliphatic rings. The molecule has 5 heteroatoms. The van der Waals surface area contributed by atoms with Gasteiger partial charge in [0.1, 0.15) is 0 Å². The highest BCUT2D eigenvalue weighted by Gasteiger charge is 2.11.